The first-order valence-electron chi connectivity index (χ1n) is 5.72. The molecular weight excluding hydrogens is 186 g/mol. The van der Waals surface area contributed by atoms with Crippen LogP contribution >= 0.6 is 0 Å². The largest absolute Gasteiger partial charge is 0.376 e. The van der Waals surface area contributed by atoms with E-state index < -0.39 is 0 Å². The lowest BCUT2D eigenvalue weighted by atomic mass is 10.1. The second-order valence-corrected chi connectivity index (χ2v) is 4.44. The normalized spacial score (nSPS) is 25.7. The van der Waals surface area contributed by atoms with Crippen molar-refractivity contribution in [3.8, 4) is 0 Å². The second-order valence-electron chi connectivity index (χ2n) is 4.44. The molecule has 2 rings (SSSR count). The molecule has 0 radical (unpaired) electrons. The van der Waals surface area contributed by atoms with E-state index in [0.29, 0.717) is 12.0 Å². The van der Waals surface area contributed by atoms with Gasteiger partial charge in [-0.2, -0.15) is 0 Å². The predicted octanol–water partition coefficient (Wildman–Crippen LogP) is 2.33. The summed E-state index contributed by atoms with van der Waals surface area (Å²) in [4.78, 5) is 0. The van der Waals surface area contributed by atoms with Gasteiger partial charge in [-0.1, -0.05) is 30.3 Å². The summed E-state index contributed by atoms with van der Waals surface area (Å²) in [5, 5.41) is 0. The molecule has 2 atom stereocenters. The number of rotatable bonds is 4. The molecule has 2 unspecified atom stereocenters. The monoisotopic (exact) mass is 205 g/mol. The average molecular weight is 205 g/mol. The van der Waals surface area contributed by atoms with Gasteiger partial charge >= 0.3 is 0 Å². The number of hydrogen-bond donors (Lipinski definition) is 1. The molecule has 0 saturated heterocycles. The van der Waals surface area contributed by atoms with Gasteiger partial charge in [0.1, 0.15) is 0 Å². The van der Waals surface area contributed by atoms with Crippen LogP contribution in [0.3, 0.4) is 0 Å². The molecule has 0 amide bonds. The lowest BCUT2D eigenvalue weighted by Crippen LogP contribution is -2.16. The van der Waals surface area contributed by atoms with Gasteiger partial charge < -0.3 is 10.5 Å². The standard InChI is InChI=1S/C13H19NO/c14-13-7-6-12(8-13)10-15-9-11-4-2-1-3-5-11/h1-5,12-13H,6-10,14H2. The van der Waals surface area contributed by atoms with E-state index in [2.05, 4.69) is 12.1 Å². The molecule has 1 aliphatic rings. The molecule has 0 heterocycles. The number of benzene rings is 1. The third kappa shape index (κ3) is 3.33. The van der Waals surface area contributed by atoms with E-state index in [1.54, 1.807) is 0 Å². The molecule has 0 aromatic heterocycles. The summed E-state index contributed by atoms with van der Waals surface area (Å²) in [7, 11) is 0. The van der Waals surface area contributed by atoms with Gasteiger partial charge in [0.15, 0.2) is 0 Å². The van der Waals surface area contributed by atoms with Crippen molar-refractivity contribution in [2.75, 3.05) is 6.61 Å². The van der Waals surface area contributed by atoms with Gasteiger partial charge in [0.05, 0.1) is 6.61 Å². The van der Waals surface area contributed by atoms with Crippen LogP contribution in [0.15, 0.2) is 30.3 Å². The molecule has 0 spiro atoms. The Bertz CT molecular complexity index is 286. The van der Waals surface area contributed by atoms with Crippen molar-refractivity contribution in [2.24, 2.45) is 11.7 Å². The maximum absolute atomic E-state index is 5.85. The first-order chi connectivity index (χ1) is 7.34. The lowest BCUT2D eigenvalue weighted by Gasteiger charge is -2.10. The van der Waals surface area contributed by atoms with Crippen molar-refractivity contribution in [1.82, 2.24) is 0 Å². The summed E-state index contributed by atoms with van der Waals surface area (Å²) in [6, 6.07) is 10.7. The topological polar surface area (TPSA) is 35.2 Å². The van der Waals surface area contributed by atoms with Gasteiger partial charge in [-0.05, 0) is 30.7 Å². The Balaban J connectivity index is 1.67. The van der Waals surface area contributed by atoms with E-state index in [0.717, 1.165) is 19.6 Å². The quantitative estimate of drug-likeness (QED) is 0.818. The minimum Gasteiger partial charge on any atom is -0.376 e. The molecule has 1 saturated carbocycles. The van der Waals surface area contributed by atoms with Crippen LogP contribution in [0, 0.1) is 5.92 Å². The van der Waals surface area contributed by atoms with E-state index in [4.69, 9.17) is 10.5 Å². The van der Waals surface area contributed by atoms with Gasteiger partial charge in [-0.25, -0.2) is 0 Å². The van der Waals surface area contributed by atoms with Gasteiger partial charge in [-0.15, -0.1) is 0 Å². The molecule has 1 aromatic carbocycles. The van der Waals surface area contributed by atoms with Gasteiger partial charge in [0, 0.05) is 12.6 Å². The smallest absolute Gasteiger partial charge is 0.0717 e. The second kappa shape index (κ2) is 5.29. The zero-order valence-corrected chi connectivity index (χ0v) is 9.06. The zero-order valence-electron chi connectivity index (χ0n) is 9.06. The van der Waals surface area contributed by atoms with Crippen LogP contribution < -0.4 is 5.73 Å². The van der Waals surface area contributed by atoms with Crippen molar-refractivity contribution in [1.29, 1.82) is 0 Å². The lowest BCUT2D eigenvalue weighted by molar-refractivity contribution is 0.0885. The summed E-state index contributed by atoms with van der Waals surface area (Å²) in [6.45, 7) is 1.59. The summed E-state index contributed by atoms with van der Waals surface area (Å²) < 4.78 is 5.70. The van der Waals surface area contributed by atoms with Crippen LogP contribution in [0.4, 0.5) is 0 Å². The Morgan fingerprint density at radius 1 is 1.20 bits per heavy atom. The highest BCUT2D eigenvalue weighted by molar-refractivity contribution is 5.13. The van der Waals surface area contributed by atoms with E-state index in [9.17, 15) is 0 Å². The first kappa shape index (κ1) is 10.7. The maximum Gasteiger partial charge on any atom is 0.0717 e. The van der Waals surface area contributed by atoms with Crippen molar-refractivity contribution in [2.45, 2.75) is 31.9 Å². The van der Waals surface area contributed by atoms with Gasteiger partial charge in [0.2, 0.25) is 0 Å². The predicted molar refractivity (Wildman–Crippen MR) is 61.4 cm³/mol. The fourth-order valence-corrected chi connectivity index (χ4v) is 2.18. The highest BCUT2D eigenvalue weighted by atomic mass is 16.5. The highest BCUT2D eigenvalue weighted by Crippen LogP contribution is 2.24. The Morgan fingerprint density at radius 3 is 2.67 bits per heavy atom. The fraction of sp³-hybridized carbons (Fsp3) is 0.538. The minimum absolute atomic E-state index is 0.412. The summed E-state index contributed by atoms with van der Waals surface area (Å²) in [5.41, 5.74) is 7.10. The third-order valence-electron chi connectivity index (χ3n) is 3.05. The van der Waals surface area contributed by atoms with Crippen LogP contribution in [0.2, 0.25) is 0 Å². The Hall–Kier alpha value is -0.860. The Morgan fingerprint density at radius 2 is 2.00 bits per heavy atom. The van der Waals surface area contributed by atoms with E-state index >= 15 is 0 Å². The third-order valence-corrected chi connectivity index (χ3v) is 3.05. The summed E-state index contributed by atoms with van der Waals surface area (Å²) >= 11 is 0. The van der Waals surface area contributed by atoms with Crippen molar-refractivity contribution in [3.05, 3.63) is 35.9 Å². The van der Waals surface area contributed by atoms with Crippen molar-refractivity contribution in [3.63, 3.8) is 0 Å². The van der Waals surface area contributed by atoms with E-state index in [1.807, 2.05) is 18.2 Å². The number of ether oxygens (including phenoxy) is 1. The summed E-state index contributed by atoms with van der Waals surface area (Å²) in [5.74, 6) is 0.684. The van der Waals surface area contributed by atoms with Crippen molar-refractivity contribution >= 4 is 0 Å². The molecule has 2 N–H and O–H groups in total. The fourth-order valence-electron chi connectivity index (χ4n) is 2.18. The minimum atomic E-state index is 0.412. The first-order valence-corrected chi connectivity index (χ1v) is 5.72. The van der Waals surface area contributed by atoms with E-state index in [-0.39, 0.29) is 0 Å². The van der Waals surface area contributed by atoms with Crippen molar-refractivity contribution < 1.29 is 4.74 Å². The van der Waals surface area contributed by atoms with Crippen LogP contribution in [-0.2, 0) is 11.3 Å². The van der Waals surface area contributed by atoms with E-state index in [1.165, 1.54) is 18.4 Å². The average Bonchev–Trinajstić information content (AvgIpc) is 2.66. The molecule has 0 aliphatic heterocycles. The molecule has 1 fully saturated rings. The zero-order chi connectivity index (χ0) is 10.5. The number of nitrogens with two attached hydrogens (primary N) is 1. The SMILES string of the molecule is NC1CCC(COCc2ccccc2)C1. The maximum atomic E-state index is 5.85. The Kier molecular flexibility index (Phi) is 3.75. The highest BCUT2D eigenvalue weighted by Gasteiger charge is 2.21. The molecule has 1 aliphatic carbocycles. The Labute approximate surface area is 91.4 Å². The molecule has 2 heteroatoms. The molecule has 15 heavy (non-hydrogen) atoms. The molecular formula is C13H19NO. The number of hydrogen-bond acceptors (Lipinski definition) is 2. The van der Waals surface area contributed by atoms with Crippen LogP contribution in [0.25, 0.3) is 0 Å². The van der Waals surface area contributed by atoms with Crippen LogP contribution in [0.5, 0.6) is 0 Å². The van der Waals surface area contributed by atoms with Gasteiger partial charge in [-0.3, -0.25) is 0 Å². The molecule has 0 bridgehead atoms. The van der Waals surface area contributed by atoms with Crippen LogP contribution in [0.1, 0.15) is 24.8 Å². The van der Waals surface area contributed by atoms with Gasteiger partial charge in [0.25, 0.3) is 0 Å². The molecule has 1 aromatic rings. The van der Waals surface area contributed by atoms with Crippen LogP contribution in [-0.4, -0.2) is 12.6 Å². The molecule has 82 valence electrons. The summed E-state index contributed by atoms with van der Waals surface area (Å²) in [6.07, 6.45) is 3.53. The molecule has 2 nitrogen and oxygen atoms in total.